The second-order valence-corrected chi connectivity index (χ2v) is 9.98. The maximum absolute atomic E-state index is 5.02. The number of aromatic nitrogens is 3. The minimum Gasteiger partial charge on any atom is -0.355 e. The van der Waals surface area contributed by atoms with Crippen molar-refractivity contribution in [3.63, 3.8) is 0 Å². The van der Waals surface area contributed by atoms with Gasteiger partial charge in [0.15, 0.2) is 5.82 Å². The molecule has 2 aromatic heterocycles. The summed E-state index contributed by atoms with van der Waals surface area (Å²) < 4.78 is 0. The van der Waals surface area contributed by atoms with Gasteiger partial charge in [-0.15, -0.1) is 0 Å². The summed E-state index contributed by atoms with van der Waals surface area (Å²) in [5.41, 5.74) is 3.42. The molecule has 0 spiro atoms. The van der Waals surface area contributed by atoms with Crippen molar-refractivity contribution in [3.8, 4) is 11.5 Å². The van der Waals surface area contributed by atoms with Gasteiger partial charge in [-0.05, 0) is 78.1 Å². The van der Waals surface area contributed by atoms with Gasteiger partial charge in [-0.3, -0.25) is 4.90 Å². The number of rotatable bonds is 5. The lowest BCUT2D eigenvalue weighted by Crippen LogP contribution is -2.47. The Balaban J connectivity index is 1.23. The summed E-state index contributed by atoms with van der Waals surface area (Å²) in [6.07, 6.45) is 6.41. The molecule has 0 amide bonds. The quantitative estimate of drug-likeness (QED) is 0.788. The highest BCUT2D eigenvalue weighted by atomic mass is 15.3. The van der Waals surface area contributed by atoms with Crippen LogP contribution in [0.3, 0.4) is 0 Å². The highest BCUT2D eigenvalue weighted by Crippen LogP contribution is 2.41. The smallest absolute Gasteiger partial charge is 0.156 e. The Hall–Kier alpha value is -1.92. The second-order valence-electron chi connectivity index (χ2n) is 9.98. The van der Waals surface area contributed by atoms with Crippen LogP contribution < -0.4 is 4.90 Å². The van der Waals surface area contributed by atoms with E-state index in [0.717, 1.165) is 48.7 Å². The van der Waals surface area contributed by atoms with E-state index in [1.807, 2.05) is 0 Å². The molecule has 3 fully saturated rings. The summed E-state index contributed by atoms with van der Waals surface area (Å²) in [4.78, 5) is 21.2. The fourth-order valence-electron chi connectivity index (χ4n) is 5.40. The maximum atomic E-state index is 5.02. The van der Waals surface area contributed by atoms with Crippen LogP contribution in [0.2, 0.25) is 0 Å². The van der Waals surface area contributed by atoms with Gasteiger partial charge in [0, 0.05) is 49.9 Å². The summed E-state index contributed by atoms with van der Waals surface area (Å²) in [6.45, 7) is 13.8. The van der Waals surface area contributed by atoms with Gasteiger partial charge in [0.25, 0.3) is 0 Å². The standard InChI is InChI=1S/C25H38N6/c1-18(2)29-14-10-21(11-15-29)30-12-5-13-31(17-16-30)23-7-4-6-22(27-23)25-26-19(3)24(28-25)20-8-9-20/h4,6-7,18,20-21H,5,8-17H2,1-3H3,(H,26,28). The van der Waals surface area contributed by atoms with E-state index < -0.39 is 0 Å². The summed E-state index contributed by atoms with van der Waals surface area (Å²) in [5, 5.41) is 0. The summed E-state index contributed by atoms with van der Waals surface area (Å²) in [5.74, 6) is 2.71. The molecule has 2 aliphatic heterocycles. The summed E-state index contributed by atoms with van der Waals surface area (Å²) in [7, 11) is 0. The molecule has 5 rings (SSSR count). The van der Waals surface area contributed by atoms with E-state index in [4.69, 9.17) is 9.97 Å². The van der Waals surface area contributed by atoms with Gasteiger partial charge in [0.2, 0.25) is 0 Å². The first-order valence-electron chi connectivity index (χ1n) is 12.4. The Kier molecular flexibility index (Phi) is 6.02. The number of hydrogen-bond acceptors (Lipinski definition) is 5. The summed E-state index contributed by atoms with van der Waals surface area (Å²) in [6, 6.07) is 7.82. The first-order chi connectivity index (χ1) is 15.1. The SMILES string of the molecule is Cc1nc(-c2cccc(N3CCCN(C4CCN(C(C)C)CC4)CC3)n2)[nH]c1C1CC1. The number of likely N-dealkylation sites (tertiary alicyclic amines) is 1. The number of aromatic amines is 1. The van der Waals surface area contributed by atoms with Crippen LogP contribution in [0.25, 0.3) is 11.5 Å². The predicted molar refractivity (Wildman–Crippen MR) is 127 cm³/mol. The number of nitrogens with one attached hydrogen (secondary N) is 1. The zero-order chi connectivity index (χ0) is 21.4. The van der Waals surface area contributed by atoms with E-state index in [9.17, 15) is 0 Å². The largest absolute Gasteiger partial charge is 0.355 e. The topological polar surface area (TPSA) is 51.3 Å². The number of pyridine rings is 1. The van der Waals surface area contributed by atoms with Crippen LogP contribution in [0.4, 0.5) is 5.82 Å². The number of anilines is 1. The lowest BCUT2D eigenvalue weighted by Gasteiger charge is -2.39. The molecule has 6 heteroatoms. The van der Waals surface area contributed by atoms with Crippen LogP contribution in [0.5, 0.6) is 0 Å². The molecule has 1 saturated carbocycles. The van der Waals surface area contributed by atoms with E-state index >= 15 is 0 Å². The van der Waals surface area contributed by atoms with Crippen LogP contribution in [0.15, 0.2) is 18.2 Å². The van der Waals surface area contributed by atoms with Gasteiger partial charge >= 0.3 is 0 Å². The van der Waals surface area contributed by atoms with Gasteiger partial charge in [0.1, 0.15) is 11.5 Å². The Labute approximate surface area is 187 Å². The fraction of sp³-hybridized carbons (Fsp3) is 0.680. The zero-order valence-corrected chi connectivity index (χ0v) is 19.5. The molecule has 0 bridgehead atoms. The molecule has 0 atom stereocenters. The molecule has 1 N–H and O–H groups in total. The average molecular weight is 423 g/mol. The molecule has 3 aliphatic rings. The van der Waals surface area contributed by atoms with E-state index in [-0.39, 0.29) is 0 Å². The van der Waals surface area contributed by atoms with E-state index in [2.05, 4.69) is 58.7 Å². The van der Waals surface area contributed by atoms with Crippen molar-refractivity contribution in [1.29, 1.82) is 0 Å². The molecule has 1 aliphatic carbocycles. The third-order valence-corrected chi connectivity index (χ3v) is 7.49. The molecule has 31 heavy (non-hydrogen) atoms. The van der Waals surface area contributed by atoms with Gasteiger partial charge in [0.05, 0.1) is 5.69 Å². The number of nitrogens with zero attached hydrogens (tertiary/aromatic N) is 5. The normalized spacial score (nSPS) is 22.3. The number of H-pyrrole nitrogens is 1. The van der Waals surface area contributed by atoms with Crippen LogP contribution in [0.1, 0.15) is 63.3 Å². The number of imidazole rings is 1. The molecule has 0 radical (unpaired) electrons. The third kappa shape index (κ3) is 4.65. The maximum Gasteiger partial charge on any atom is 0.156 e. The van der Waals surface area contributed by atoms with Crippen LogP contribution in [-0.2, 0) is 0 Å². The van der Waals surface area contributed by atoms with Crippen LogP contribution >= 0.6 is 0 Å². The van der Waals surface area contributed by atoms with Gasteiger partial charge < -0.3 is 14.8 Å². The molecule has 2 aromatic rings. The van der Waals surface area contributed by atoms with Crippen molar-refractivity contribution < 1.29 is 0 Å². The molecule has 6 nitrogen and oxygen atoms in total. The molecular weight excluding hydrogens is 384 g/mol. The van der Waals surface area contributed by atoms with Crippen LogP contribution in [-0.4, -0.2) is 76.1 Å². The number of hydrogen-bond donors (Lipinski definition) is 1. The molecular formula is C25H38N6. The Bertz CT molecular complexity index is 878. The number of piperidine rings is 1. The molecule has 2 saturated heterocycles. The van der Waals surface area contributed by atoms with Gasteiger partial charge in [-0.2, -0.15) is 0 Å². The first kappa shape index (κ1) is 21.0. The minimum atomic E-state index is 0.678. The Morgan fingerprint density at radius 2 is 1.74 bits per heavy atom. The van der Waals surface area contributed by atoms with Gasteiger partial charge in [-0.25, -0.2) is 9.97 Å². The molecule has 0 aromatic carbocycles. The first-order valence-corrected chi connectivity index (χ1v) is 12.4. The van der Waals surface area contributed by atoms with E-state index in [1.54, 1.807) is 0 Å². The highest BCUT2D eigenvalue weighted by Gasteiger charge is 2.29. The summed E-state index contributed by atoms with van der Waals surface area (Å²) >= 11 is 0. The number of aryl methyl sites for hydroxylation is 1. The highest BCUT2D eigenvalue weighted by molar-refractivity contribution is 5.55. The van der Waals surface area contributed by atoms with Crippen molar-refractivity contribution in [2.75, 3.05) is 44.2 Å². The second kappa shape index (κ2) is 8.91. The Morgan fingerprint density at radius 3 is 2.48 bits per heavy atom. The monoisotopic (exact) mass is 422 g/mol. The predicted octanol–water partition coefficient (Wildman–Crippen LogP) is 4.04. The van der Waals surface area contributed by atoms with Crippen molar-refractivity contribution in [3.05, 3.63) is 29.6 Å². The molecule has 0 unspecified atom stereocenters. The van der Waals surface area contributed by atoms with Crippen molar-refractivity contribution in [2.45, 2.75) is 70.9 Å². The lowest BCUT2D eigenvalue weighted by molar-refractivity contribution is 0.0965. The molecule has 4 heterocycles. The van der Waals surface area contributed by atoms with Crippen LogP contribution in [0, 0.1) is 6.92 Å². The molecule has 168 valence electrons. The van der Waals surface area contributed by atoms with E-state index in [0.29, 0.717) is 12.0 Å². The lowest BCUT2D eigenvalue weighted by atomic mass is 10.0. The van der Waals surface area contributed by atoms with Gasteiger partial charge in [-0.1, -0.05) is 6.07 Å². The average Bonchev–Trinajstić information content (AvgIpc) is 3.59. The zero-order valence-electron chi connectivity index (χ0n) is 19.5. The van der Waals surface area contributed by atoms with E-state index in [1.165, 1.54) is 57.4 Å². The third-order valence-electron chi connectivity index (χ3n) is 7.49. The van der Waals surface area contributed by atoms with Crippen molar-refractivity contribution >= 4 is 5.82 Å². The fourth-order valence-corrected chi connectivity index (χ4v) is 5.40. The van der Waals surface area contributed by atoms with Crippen molar-refractivity contribution in [2.24, 2.45) is 0 Å². The minimum absolute atomic E-state index is 0.678. The Morgan fingerprint density at radius 1 is 0.935 bits per heavy atom. The van der Waals surface area contributed by atoms with Crippen molar-refractivity contribution in [1.82, 2.24) is 24.8 Å².